The van der Waals surface area contributed by atoms with Crippen LogP contribution in [0.3, 0.4) is 0 Å². The summed E-state index contributed by atoms with van der Waals surface area (Å²) in [6.45, 7) is 0.287. The molecule has 1 heterocycles. The topological polar surface area (TPSA) is 68.3 Å². The van der Waals surface area contributed by atoms with Crippen molar-refractivity contribution in [3.63, 3.8) is 0 Å². The lowest BCUT2D eigenvalue weighted by atomic mass is 9.76. The molecular weight excluding hydrogens is 312 g/mol. The minimum absolute atomic E-state index is 0.120. The van der Waals surface area contributed by atoms with E-state index in [0.29, 0.717) is 16.3 Å². The van der Waals surface area contributed by atoms with E-state index in [-0.39, 0.29) is 18.0 Å². The Bertz CT molecular complexity index is 673. The van der Waals surface area contributed by atoms with Gasteiger partial charge in [-0.3, -0.25) is 4.79 Å². The number of rotatable bonds is 4. The van der Waals surface area contributed by atoms with Crippen LogP contribution in [0.1, 0.15) is 53.8 Å². The van der Waals surface area contributed by atoms with Gasteiger partial charge in [-0.05, 0) is 36.6 Å². The highest BCUT2D eigenvalue weighted by Gasteiger charge is 2.35. The Hall–Kier alpha value is -1.78. The number of benzene rings is 1. The third-order valence-corrected chi connectivity index (χ3v) is 4.83. The molecule has 1 amide bonds. The van der Waals surface area contributed by atoms with Crippen molar-refractivity contribution in [2.24, 2.45) is 5.73 Å². The van der Waals surface area contributed by atoms with Crippen molar-refractivity contribution in [2.45, 2.75) is 44.2 Å². The van der Waals surface area contributed by atoms with Crippen LogP contribution in [-0.2, 0) is 12.1 Å². The van der Waals surface area contributed by atoms with Crippen molar-refractivity contribution < 1.29 is 9.21 Å². The largest absolute Gasteiger partial charge is 0.467 e. The zero-order chi connectivity index (χ0) is 16.3. The predicted octanol–water partition coefficient (Wildman–Crippen LogP) is 3.98. The number of halogens is 1. The first-order valence-electron chi connectivity index (χ1n) is 7.99. The number of nitrogens with one attached hydrogen (secondary N) is 1. The second-order valence-electron chi connectivity index (χ2n) is 6.11. The van der Waals surface area contributed by atoms with Crippen LogP contribution >= 0.6 is 11.6 Å². The molecule has 0 bridgehead atoms. The molecule has 1 aromatic heterocycles. The molecule has 0 spiro atoms. The lowest BCUT2D eigenvalue weighted by Gasteiger charge is -2.38. The number of furan rings is 1. The summed E-state index contributed by atoms with van der Waals surface area (Å²) >= 11 is 6.00. The van der Waals surface area contributed by atoms with Gasteiger partial charge in [0.15, 0.2) is 0 Å². The fourth-order valence-electron chi connectivity index (χ4n) is 3.31. The van der Waals surface area contributed by atoms with E-state index in [1.165, 1.54) is 12.7 Å². The molecule has 1 aliphatic rings. The van der Waals surface area contributed by atoms with Crippen molar-refractivity contribution in [3.8, 4) is 0 Å². The van der Waals surface area contributed by atoms with E-state index in [1.54, 1.807) is 6.07 Å². The van der Waals surface area contributed by atoms with Crippen molar-refractivity contribution in [3.05, 3.63) is 58.5 Å². The van der Waals surface area contributed by atoms with Gasteiger partial charge < -0.3 is 15.5 Å². The van der Waals surface area contributed by atoms with E-state index in [9.17, 15) is 4.79 Å². The van der Waals surface area contributed by atoms with E-state index in [4.69, 9.17) is 21.8 Å². The normalized spacial score (nSPS) is 17.0. The Kier molecular flexibility index (Phi) is 4.74. The Morgan fingerprint density at radius 2 is 1.91 bits per heavy atom. The van der Waals surface area contributed by atoms with Gasteiger partial charge in [0.2, 0.25) is 0 Å². The van der Waals surface area contributed by atoms with E-state index in [1.807, 2.05) is 24.3 Å². The zero-order valence-electron chi connectivity index (χ0n) is 13.0. The summed E-state index contributed by atoms with van der Waals surface area (Å²) in [6, 6.07) is 9.48. The van der Waals surface area contributed by atoms with Gasteiger partial charge in [-0.1, -0.05) is 43.0 Å². The van der Waals surface area contributed by atoms with Crippen LogP contribution in [0.25, 0.3) is 0 Å². The lowest BCUT2D eigenvalue weighted by molar-refractivity contribution is 0.0865. The van der Waals surface area contributed by atoms with Gasteiger partial charge in [-0.15, -0.1) is 0 Å². The summed E-state index contributed by atoms with van der Waals surface area (Å²) < 4.78 is 5.28. The van der Waals surface area contributed by atoms with Gasteiger partial charge in [0.25, 0.3) is 5.91 Å². The van der Waals surface area contributed by atoms with Crippen LogP contribution in [0.5, 0.6) is 0 Å². The van der Waals surface area contributed by atoms with Crippen LogP contribution in [-0.4, -0.2) is 5.91 Å². The average Bonchev–Trinajstić information content (AvgIpc) is 3.05. The van der Waals surface area contributed by atoms with Gasteiger partial charge in [-0.2, -0.15) is 0 Å². The molecule has 23 heavy (non-hydrogen) atoms. The molecule has 4 nitrogen and oxygen atoms in total. The zero-order valence-corrected chi connectivity index (χ0v) is 13.7. The van der Waals surface area contributed by atoms with Crippen LogP contribution in [0.4, 0.5) is 0 Å². The van der Waals surface area contributed by atoms with Gasteiger partial charge in [0.1, 0.15) is 12.0 Å². The Balaban J connectivity index is 1.86. The first-order chi connectivity index (χ1) is 11.1. The molecule has 5 heteroatoms. The Morgan fingerprint density at radius 1 is 1.22 bits per heavy atom. The maximum atomic E-state index is 12.6. The quantitative estimate of drug-likeness (QED) is 0.889. The first kappa shape index (κ1) is 16.1. The Morgan fingerprint density at radius 3 is 2.52 bits per heavy atom. The molecule has 1 saturated carbocycles. The van der Waals surface area contributed by atoms with Gasteiger partial charge in [-0.25, -0.2) is 0 Å². The molecule has 0 unspecified atom stereocenters. The third-order valence-electron chi connectivity index (χ3n) is 4.57. The summed E-state index contributed by atoms with van der Waals surface area (Å²) in [5, 5.41) is 3.94. The number of amides is 1. The fraction of sp³-hybridized carbons (Fsp3) is 0.389. The van der Waals surface area contributed by atoms with Gasteiger partial charge >= 0.3 is 0 Å². The highest BCUT2D eigenvalue weighted by molar-refractivity contribution is 6.30. The molecule has 3 N–H and O–H groups in total. The molecular formula is C18H21ClN2O2. The maximum absolute atomic E-state index is 12.6. The first-order valence-corrected chi connectivity index (χ1v) is 8.37. The van der Waals surface area contributed by atoms with Crippen molar-refractivity contribution >= 4 is 17.5 Å². The molecule has 3 rings (SSSR count). The average molecular weight is 333 g/mol. The molecule has 0 atom stereocenters. The number of hydrogen-bond acceptors (Lipinski definition) is 3. The number of carbonyl (C=O) groups excluding carboxylic acids is 1. The number of hydrogen-bond donors (Lipinski definition) is 2. The summed E-state index contributed by atoms with van der Waals surface area (Å²) in [6.07, 6.45) is 6.73. The van der Waals surface area contributed by atoms with Gasteiger partial charge in [0.05, 0.1) is 17.6 Å². The van der Waals surface area contributed by atoms with E-state index < -0.39 is 0 Å². The standard InChI is InChI=1S/C18H21ClN2O2/c19-15-6-4-14(5-7-15)18(8-2-1-3-9-18)21-17(22)13-10-16(11-20)23-12-13/h4-7,10,12H,1-3,8-9,11,20H2,(H,21,22). The van der Waals surface area contributed by atoms with Crippen LogP contribution in [0.2, 0.25) is 5.02 Å². The van der Waals surface area contributed by atoms with Gasteiger partial charge in [0, 0.05) is 5.02 Å². The van der Waals surface area contributed by atoms with Crippen LogP contribution in [0.15, 0.2) is 41.0 Å². The molecule has 0 saturated heterocycles. The molecule has 0 aliphatic heterocycles. The monoisotopic (exact) mass is 332 g/mol. The smallest absolute Gasteiger partial charge is 0.255 e. The second kappa shape index (κ2) is 6.77. The van der Waals surface area contributed by atoms with E-state index >= 15 is 0 Å². The second-order valence-corrected chi connectivity index (χ2v) is 6.55. The summed E-state index contributed by atoms with van der Waals surface area (Å²) in [5.41, 5.74) is 6.83. The maximum Gasteiger partial charge on any atom is 0.255 e. The van der Waals surface area contributed by atoms with Crippen molar-refractivity contribution in [1.82, 2.24) is 5.32 Å². The van der Waals surface area contributed by atoms with E-state index in [2.05, 4.69) is 5.32 Å². The third kappa shape index (κ3) is 3.43. The number of carbonyl (C=O) groups is 1. The minimum Gasteiger partial charge on any atom is -0.467 e. The molecule has 2 aromatic rings. The number of nitrogens with two attached hydrogens (primary N) is 1. The fourth-order valence-corrected chi connectivity index (χ4v) is 3.43. The molecule has 0 radical (unpaired) electrons. The molecule has 1 aromatic carbocycles. The highest BCUT2D eigenvalue weighted by Crippen LogP contribution is 2.37. The predicted molar refractivity (Wildman–Crippen MR) is 90.3 cm³/mol. The Labute approximate surface area is 141 Å². The summed E-state index contributed by atoms with van der Waals surface area (Å²) in [4.78, 5) is 12.6. The van der Waals surface area contributed by atoms with Crippen molar-refractivity contribution in [2.75, 3.05) is 0 Å². The van der Waals surface area contributed by atoms with E-state index in [0.717, 1.165) is 31.2 Å². The van der Waals surface area contributed by atoms with Crippen molar-refractivity contribution in [1.29, 1.82) is 0 Å². The SMILES string of the molecule is NCc1cc(C(=O)NC2(c3ccc(Cl)cc3)CCCCC2)co1. The summed E-state index contributed by atoms with van der Waals surface area (Å²) in [5.74, 6) is 0.490. The highest BCUT2D eigenvalue weighted by atomic mass is 35.5. The molecule has 122 valence electrons. The summed E-state index contributed by atoms with van der Waals surface area (Å²) in [7, 11) is 0. The molecule has 1 aliphatic carbocycles. The lowest BCUT2D eigenvalue weighted by Crippen LogP contribution is -2.47. The van der Waals surface area contributed by atoms with Crippen LogP contribution in [0, 0.1) is 0 Å². The van der Waals surface area contributed by atoms with Crippen LogP contribution < -0.4 is 11.1 Å². The minimum atomic E-state index is -0.333. The molecule has 1 fully saturated rings.